The van der Waals surface area contributed by atoms with Crippen LogP contribution >= 0.6 is 0 Å². The highest BCUT2D eigenvalue weighted by Gasteiger charge is 2.27. The number of nitrogens with one attached hydrogen (secondary N) is 2. The van der Waals surface area contributed by atoms with Crippen molar-refractivity contribution in [2.75, 3.05) is 19.5 Å². The number of carbonyl (C=O) groups is 1. The Kier molecular flexibility index (Phi) is 7.73. The monoisotopic (exact) mass is 468 g/mol. The Bertz CT molecular complexity index is 1230. The molecule has 174 valence electrons. The molecular weight excluding hydrogens is 440 g/mol. The summed E-state index contributed by atoms with van der Waals surface area (Å²) in [5, 5.41) is 2.88. The van der Waals surface area contributed by atoms with Crippen molar-refractivity contribution in [2.45, 2.75) is 31.2 Å². The number of hydrogen-bond acceptors (Lipinski definition) is 5. The standard InChI is InChI=1S/C25H28N2O5S/c1-17-9-8-12-21(18(17)2)26-25(28)22(15-19-10-6-5-7-11-19)27-33(29,30)20-13-14-23(31-3)24(16-20)32-4/h5-14,16,22,27H,15H2,1-4H3,(H,26,28). The number of benzene rings is 3. The number of ether oxygens (including phenoxy) is 2. The smallest absolute Gasteiger partial charge is 0.242 e. The Morgan fingerprint density at radius 2 is 1.61 bits per heavy atom. The van der Waals surface area contributed by atoms with Gasteiger partial charge in [-0.3, -0.25) is 4.79 Å². The number of anilines is 1. The third kappa shape index (κ3) is 5.91. The molecule has 2 N–H and O–H groups in total. The first-order chi connectivity index (χ1) is 15.7. The summed E-state index contributed by atoms with van der Waals surface area (Å²) in [5.41, 5.74) is 3.42. The molecule has 1 amide bonds. The summed E-state index contributed by atoms with van der Waals surface area (Å²) < 4.78 is 39.4. The first-order valence-corrected chi connectivity index (χ1v) is 11.9. The highest BCUT2D eigenvalue weighted by Crippen LogP contribution is 2.29. The van der Waals surface area contributed by atoms with Crippen molar-refractivity contribution < 1.29 is 22.7 Å². The molecule has 0 bridgehead atoms. The Morgan fingerprint density at radius 1 is 0.909 bits per heavy atom. The van der Waals surface area contributed by atoms with Gasteiger partial charge in [0.2, 0.25) is 15.9 Å². The molecule has 0 radical (unpaired) electrons. The van der Waals surface area contributed by atoms with Gasteiger partial charge in [0, 0.05) is 11.8 Å². The largest absolute Gasteiger partial charge is 0.493 e. The van der Waals surface area contributed by atoms with Crippen molar-refractivity contribution in [3.05, 3.63) is 83.4 Å². The van der Waals surface area contributed by atoms with Crippen molar-refractivity contribution in [3.63, 3.8) is 0 Å². The SMILES string of the molecule is COc1ccc(S(=O)(=O)NC(Cc2ccccc2)C(=O)Nc2cccc(C)c2C)cc1OC. The second-order valence-electron chi connectivity index (χ2n) is 7.62. The number of sulfonamides is 1. The van der Waals surface area contributed by atoms with E-state index in [1.165, 1.54) is 32.4 Å². The average Bonchev–Trinajstić information content (AvgIpc) is 2.81. The van der Waals surface area contributed by atoms with Crippen LogP contribution in [0.4, 0.5) is 5.69 Å². The maximum Gasteiger partial charge on any atom is 0.242 e. The molecule has 3 rings (SSSR count). The molecule has 7 nitrogen and oxygen atoms in total. The second kappa shape index (κ2) is 10.5. The molecule has 33 heavy (non-hydrogen) atoms. The molecule has 0 heterocycles. The minimum Gasteiger partial charge on any atom is -0.493 e. The third-order valence-corrected chi connectivity index (χ3v) is 6.89. The lowest BCUT2D eigenvalue weighted by Gasteiger charge is -2.20. The highest BCUT2D eigenvalue weighted by molar-refractivity contribution is 7.89. The van der Waals surface area contributed by atoms with E-state index in [0.717, 1.165) is 16.7 Å². The molecular formula is C25H28N2O5S. The van der Waals surface area contributed by atoms with E-state index in [0.29, 0.717) is 11.4 Å². The first kappa shape index (κ1) is 24.3. The van der Waals surface area contributed by atoms with Crippen molar-refractivity contribution in [3.8, 4) is 11.5 Å². The molecule has 3 aromatic carbocycles. The minimum absolute atomic E-state index is 0.0299. The molecule has 0 aliphatic heterocycles. The number of carbonyl (C=O) groups excluding carboxylic acids is 1. The highest BCUT2D eigenvalue weighted by atomic mass is 32.2. The van der Waals surface area contributed by atoms with E-state index in [4.69, 9.17) is 9.47 Å². The molecule has 0 fully saturated rings. The van der Waals surface area contributed by atoms with Crippen LogP contribution in [-0.4, -0.2) is 34.6 Å². The van der Waals surface area contributed by atoms with Gasteiger partial charge in [-0.05, 0) is 55.2 Å². The molecule has 0 aromatic heterocycles. The van der Waals surface area contributed by atoms with Crippen LogP contribution in [0.3, 0.4) is 0 Å². The molecule has 1 atom stereocenters. The van der Waals surface area contributed by atoms with Crippen LogP contribution in [0, 0.1) is 13.8 Å². The van der Waals surface area contributed by atoms with Crippen LogP contribution in [0.15, 0.2) is 71.6 Å². The Morgan fingerprint density at radius 3 is 2.27 bits per heavy atom. The number of methoxy groups -OCH3 is 2. The summed E-state index contributed by atoms with van der Waals surface area (Å²) in [5.74, 6) is 0.237. The van der Waals surface area contributed by atoms with Gasteiger partial charge in [-0.25, -0.2) is 8.42 Å². The van der Waals surface area contributed by atoms with Crippen LogP contribution in [0.5, 0.6) is 11.5 Å². The number of hydrogen-bond donors (Lipinski definition) is 2. The molecule has 3 aromatic rings. The number of amides is 1. The molecule has 0 saturated heterocycles. The van der Waals surface area contributed by atoms with Crippen LogP contribution in [-0.2, 0) is 21.2 Å². The lowest BCUT2D eigenvalue weighted by atomic mass is 10.0. The fourth-order valence-electron chi connectivity index (χ4n) is 3.38. The molecule has 0 spiro atoms. The predicted octanol–water partition coefficient (Wildman–Crippen LogP) is 3.85. The normalized spacial score (nSPS) is 12.1. The molecule has 8 heteroatoms. The van der Waals surface area contributed by atoms with E-state index in [2.05, 4.69) is 10.0 Å². The summed E-state index contributed by atoms with van der Waals surface area (Å²) in [7, 11) is -1.14. The van der Waals surface area contributed by atoms with Crippen molar-refractivity contribution >= 4 is 21.6 Å². The van der Waals surface area contributed by atoms with Crippen molar-refractivity contribution in [1.82, 2.24) is 4.72 Å². The van der Waals surface area contributed by atoms with Crippen molar-refractivity contribution in [2.24, 2.45) is 0 Å². The lowest BCUT2D eigenvalue weighted by Crippen LogP contribution is -2.45. The van der Waals surface area contributed by atoms with E-state index in [1.807, 2.05) is 56.3 Å². The van der Waals surface area contributed by atoms with Gasteiger partial charge in [-0.1, -0.05) is 42.5 Å². The Labute approximate surface area is 194 Å². The first-order valence-electron chi connectivity index (χ1n) is 10.4. The lowest BCUT2D eigenvalue weighted by molar-refractivity contribution is -0.117. The molecule has 0 saturated carbocycles. The fraction of sp³-hybridized carbons (Fsp3) is 0.240. The summed E-state index contributed by atoms with van der Waals surface area (Å²) in [6.45, 7) is 3.86. The zero-order valence-corrected chi connectivity index (χ0v) is 19.9. The maximum atomic E-state index is 13.2. The van der Waals surface area contributed by atoms with Gasteiger partial charge in [-0.15, -0.1) is 0 Å². The Balaban J connectivity index is 1.92. The summed E-state index contributed by atoms with van der Waals surface area (Å²) in [6, 6.07) is 18.1. The minimum atomic E-state index is -4.04. The molecule has 0 aliphatic rings. The van der Waals surface area contributed by atoms with Gasteiger partial charge in [0.25, 0.3) is 0 Å². The zero-order chi connectivity index (χ0) is 24.0. The summed E-state index contributed by atoms with van der Waals surface area (Å²) in [4.78, 5) is 13.2. The van der Waals surface area contributed by atoms with Crippen LogP contribution in [0.25, 0.3) is 0 Å². The van der Waals surface area contributed by atoms with Gasteiger partial charge < -0.3 is 14.8 Å². The second-order valence-corrected chi connectivity index (χ2v) is 9.33. The van der Waals surface area contributed by atoms with Crippen LogP contribution in [0.2, 0.25) is 0 Å². The summed E-state index contributed by atoms with van der Waals surface area (Å²) >= 11 is 0. The molecule has 0 aliphatic carbocycles. The van der Waals surface area contributed by atoms with Crippen LogP contribution < -0.4 is 19.5 Å². The van der Waals surface area contributed by atoms with Gasteiger partial charge >= 0.3 is 0 Å². The maximum absolute atomic E-state index is 13.2. The molecule has 1 unspecified atom stereocenters. The summed E-state index contributed by atoms with van der Waals surface area (Å²) in [6.07, 6.45) is 0.185. The van der Waals surface area contributed by atoms with Crippen molar-refractivity contribution in [1.29, 1.82) is 0 Å². The third-order valence-electron chi connectivity index (χ3n) is 5.42. The van der Waals surface area contributed by atoms with E-state index >= 15 is 0 Å². The van der Waals surface area contributed by atoms with E-state index in [9.17, 15) is 13.2 Å². The number of rotatable bonds is 9. The van der Waals surface area contributed by atoms with E-state index < -0.39 is 22.0 Å². The van der Waals surface area contributed by atoms with Gasteiger partial charge in [0.15, 0.2) is 11.5 Å². The quantitative estimate of drug-likeness (QED) is 0.498. The van der Waals surface area contributed by atoms with Gasteiger partial charge in [0.05, 0.1) is 19.1 Å². The van der Waals surface area contributed by atoms with E-state index in [1.54, 1.807) is 6.07 Å². The van der Waals surface area contributed by atoms with Gasteiger partial charge in [-0.2, -0.15) is 4.72 Å². The number of aryl methyl sites for hydroxylation is 1. The zero-order valence-electron chi connectivity index (χ0n) is 19.1. The fourth-order valence-corrected chi connectivity index (χ4v) is 4.59. The van der Waals surface area contributed by atoms with Crippen LogP contribution in [0.1, 0.15) is 16.7 Å². The average molecular weight is 469 g/mol. The Hall–Kier alpha value is -3.36. The topological polar surface area (TPSA) is 93.7 Å². The van der Waals surface area contributed by atoms with Gasteiger partial charge in [0.1, 0.15) is 6.04 Å². The van der Waals surface area contributed by atoms with E-state index in [-0.39, 0.29) is 17.1 Å². The predicted molar refractivity (Wildman–Crippen MR) is 128 cm³/mol.